The molecule has 2 heteroatoms. The zero-order valence-corrected chi connectivity index (χ0v) is 14.9. The van der Waals surface area contributed by atoms with E-state index in [0.717, 1.165) is 32.7 Å². The van der Waals surface area contributed by atoms with Crippen LogP contribution >= 0.6 is 0 Å². The molecular formula is C26H14O2. The van der Waals surface area contributed by atoms with Gasteiger partial charge in [-0.1, -0.05) is 78.9 Å². The highest BCUT2D eigenvalue weighted by molar-refractivity contribution is 6.28. The molecule has 0 atom stereocenters. The van der Waals surface area contributed by atoms with E-state index in [1.54, 1.807) is 0 Å². The van der Waals surface area contributed by atoms with Crippen molar-refractivity contribution in [2.75, 3.05) is 0 Å². The van der Waals surface area contributed by atoms with Crippen LogP contribution in [0.2, 0.25) is 0 Å². The van der Waals surface area contributed by atoms with Crippen LogP contribution in [0.4, 0.5) is 0 Å². The molecule has 0 bridgehead atoms. The van der Waals surface area contributed by atoms with E-state index < -0.39 is 0 Å². The van der Waals surface area contributed by atoms with Gasteiger partial charge in [0.2, 0.25) is 0 Å². The van der Waals surface area contributed by atoms with Crippen LogP contribution in [-0.2, 0) is 0 Å². The molecule has 0 radical (unpaired) electrons. The second-order valence-corrected chi connectivity index (χ2v) is 7.21. The zero-order valence-electron chi connectivity index (χ0n) is 14.9. The van der Waals surface area contributed by atoms with Crippen molar-refractivity contribution < 1.29 is 0 Å². The topological polar surface area (TPSA) is 34.1 Å². The van der Waals surface area contributed by atoms with Gasteiger partial charge >= 0.3 is 0 Å². The molecule has 0 saturated carbocycles. The highest BCUT2D eigenvalue weighted by Gasteiger charge is 2.22. The van der Waals surface area contributed by atoms with Gasteiger partial charge in [0.25, 0.3) is 0 Å². The van der Waals surface area contributed by atoms with Crippen molar-refractivity contribution in [2.24, 2.45) is 0 Å². The Morgan fingerprint density at radius 2 is 1.00 bits per heavy atom. The summed E-state index contributed by atoms with van der Waals surface area (Å²) < 4.78 is 0. The van der Waals surface area contributed by atoms with Crippen molar-refractivity contribution in [3.05, 3.63) is 105 Å². The van der Waals surface area contributed by atoms with Crippen LogP contribution < -0.4 is 10.9 Å². The molecule has 0 aromatic heterocycles. The minimum atomic E-state index is 0.0300. The molecule has 6 aromatic rings. The fourth-order valence-electron chi connectivity index (χ4n) is 4.58. The Kier molecular flexibility index (Phi) is 2.93. The molecule has 0 N–H and O–H groups in total. The lowest BCUT2D eigenvalue weighted by Gasteiger charge is -2.07. The molecule has 28 heavy (non-hydrogen) atoms. The summed E-state index contributed by atoms with van der Waals surface area (Å²) in [5.74, 6) is 0. The summed E-state index contributed by atoms with van der Waals surface area (Å²) in [7, 11) is 0. The Morgan fingerprint density at radius 1 is 0.429 bits per heavy atom. The second-order valence-electron chi connectivity index (χ2n) is 7.21. The summed E-state index contributed by atoms with van der Waals surface area (Å²) >= 11 is 0. The standard InChI is InChI=1S/C26H14O2/c27-25-19-13-7-5-11-17(19)23-21(25)14-20-16-10-4-6-12-18(16)26(28)24(20)22(23)15-8-2-1-3-9-15/h1-14H. The van der Waals surface area contributed by atoms with Crippen LogP contribution in [0.25, 0.3) is 54.2 Å². The van der Waals surface area contributed by atoms with Crippen molar-refractivity contribution >= 4 is 43.1 Å². The molecule has 0 aliphatic carbocycles. The lowest BCUT2D eigenvalue weighted by atomic mass is 9.94. The van der Waals surface area contributed by atoms with Gasteiger partial charge in [0.1, 0.15) is 0 Å². The molecule has 130 valence electrons. The minimum Gasteiger partial charge on any atom is -0.289 e. The van der Waals surface area contributed by atoms with Crippen LogP contribution in [0, 0.1) is 0 Å². The summed E-state index contributed by atoms with van der Waals surface area (Å²) in [5, 5.41) is 6.36. The van der Waals surface area contributed by atoms with E-state index in [4.69, 9.17) is 0 Å². The SMILES string of the molecule is O=c1c2ccccc2c2c(-c3ccccc3)c3c(=O)c4ccccc4c3cc12. The number of hydrogen-bond acceptors (Lipinski definition) is 2. The molecule has 6 aromatic carbocycles. The van der Waals surface area contributed by atoms with E-state index in [-0.39, 0.29) is 10.9 Å². The Labute approximate surface area is 160 Å². The molecule has 0 fully saturated rings. The van der Waals surface area contributed by atoms with E-state index in [2.05, 4.69) is 0 Å². The largest absolute Gasteiger partial charge is 0.289 e. The van der Waals surface area contributed by atoms with Gasteiger partial charge in [0.15, 0.2) is 10.9 Å². The van der Waals surface area contributed by atoms with Gasteiger partial charge in [0, 0.05) is 32.5 Å². The maximum atomic E-state index is 13.4. The Morgan fingerprint density at radius 3 is 1.71 bits per heavy atom. The quantitative estimate of drug-likeness (QED) is 0.385. The summed E-state index contributed by atoms with van der Waals surface area (Å²) in [4.78, 5) is 26.6. The lowest BCUT2D eigenvalue weighted by molar-refractivity contribution is 1.69. The molecule has 0 heterocycles. The monoisotopic (exact) mass is 358 g/mol. The van der Waals surface area contributed by atoms with E-state index in [0.29, 0.717) is 21.5 Å². The van der Waals surface area contributed by atoms with E-state index >= 15 is 0 Å². The molecule has 0 amide bonds. The second kappa shape index (κ2) is 5.37. The van der Waals surface area contributed by atoms with Crippen LogP contribution in [0.1, 0.15) is 0 Å². The maximum Gasteiger partial charge on any atom is 0.194 e. The summed E-state index contributed by atoms with van der Waals surface area (Å²) in [6, 6.07) is 27.2. The average Bonchev–Trinajstić information content (AvgIpc) is 3.20. The third-order valence-electron chi connectivity index (χ3n) is 5.76. The zero-order chi connectivity index (χ0) is 18.8. The molecule has 0 saturated heterocycles. The first kappa shape index (κ1) is 15.3. The third-order valence-corrected chi connectivity index (χ3v) is 5.76. The molecule has 6 rings (SSSR count). The number of rotatable bonds is 1. The minimum absolute atomic E-state index is 0.0300. The predicted molar refractivity (Wildman–Crippen MR) is 117 cm³/mol. The molecule has 0 spiro atoms. The fraction of sp³-hybridized carbons (Fsp3) is 0. The number of fused-ring (bicyclic) bond motifs is 6. The van der Waals surface area contributed by atoms with Gasteiger partial charge < -0.3 is 0 Å². The predicted octanol–water partition coefficient (Wildman–Crippen LogP) is 5.56. The van der Waals surface area contributed by atoms with Crippen molar-refractivity contribution in [1.82, 2.24) is 0 Å². The summed E-state index contributed by atoms with van der Waals surface area (Å²) in [5.41, 5.74) is 1.89. The first-order valence-electron chi connectivity index (χ1n) is 9.30. The smallest absolute Gasteiger partial charge is 0.194 e. The van der Waals surface area contributed by atoms with Gasteiger partial charge in [-0.3, -0.25) is 9.59 Å². The summed E-state index contributed by atoms with van der Waals surface area (Å²) in [6.07, 6.45) is 0. The number of benzene rings is 4. The Balaban J connectivity index is 2.02. The fourth-order valence-corrected chi connectivity index (χ4v) is 4.58. The van der Waals surface area contributed by atoms with Crippen molar-refractivity contribution in [2.45, 2.75) is 0 Å². The molecule has 0 aliphatic heterocycles. The summed E-state index contributed by atoms with van der Waals surface area (Å²) in [6.45, 7) is 0. The molecule has 0 aliphatic rings. The van der Waals surface area contributed by atoms with E-state index in [1.165, 1.54) is 0 Å². The maximum absolute atomic E-state index is 13.4. The van der Waals surface area contributed by atoms with E-state index in [1.807, 2.05) is 84.9 Å². The van der Waals surface area contributed by atoms with Crippen LogP contribution in [0.5, 0.6) is 0 Å². The first-order chi connectivity index (χ1) is 13.8. The van der Waals surface area contributed by atoms with Crippen LogP contribution in [0.15, 0.2) is 94.5 Å². The Bertz CT molecular complexity index is 1630. The van der Waals surface area contributed by atoms with Gasteiger partial charge in [0.05, 0.1) is 0 Å². The average molecular weight is 358 g/mol. The Hall–Kier alpha value is -3.78. The molecule has 2 nitrogen and oxygen atoms in total. The highest BCUT2D eigenvalue weighted by Crippen LogP contribution is 2.40. The van der Waals surface area contributed by atoms with Crippen molar-refractivity contribution in [3.63, 3.8) is 0 Å². The van der Waals surface area contributed by atoms with E-state index in [9.17, 15) is 9.59 Å². The molecular weight excluding hydrogens is 344 g/mol. The third kappa shape index (κ3) is 1.82. The lowest BCUT2D eigenvalue weighted by Crippen LogP contribution is -1.98. The van der Waals surface area contributed by atoms with Gasteiger partial charge in [-0.05, 0) is 27.8 Å². The highest BCUT2D eigenvalue weighted by atomic mass is 16.1. The van der Waals surface area contributed by atoms with Crippen LogP contribution in [0.3, 0.4) is 0 Å². The van der Waals surface area contributed by atoms with Crippen molar-refractivity contribution in [1.29, 1.82) is 0 Å². The molecule has 0 unspecified atom stereocenters. The van der Waals surface area contributed by atoms with Crippen LogP contribution in [-0.4, -0.2) is 0 Å². The first-order valence-corrected chi connectivity index (χ1v) is 9.30. The number of hydrogen-bond donors (Lipinski definition) is 0. The normalized spacial score (nSPS) is 11.9. The van der Waals surface area contributed by atoms with Gasteiger partial charge in [-0.25, -0.2) is 0 Å². The van der Waals surface area contributed by atoms with Gasteiger partial charge in [-0.15, -0.1) is 0 Å². The van der Waals surface area contributed by atoms with Gasteiger partial charge in [-0.2, -0.15) is 0 Å². The van der Waals surface area contributed by atoms with Crippen molar-refractivity contribution in [3.8, 4) is 11.1 Å².